The van der Waals surface area contributed by atoms with Crippen LogP contribution < -0.4 is 14.8 Å². The summed E-state index contributed by atoms with van der Waals surface area (Å²) >= 11 is 0. The average molecular weight is 348 g/mol. The number of rotatable bonds is 7. The molecule has 0 radical (unpaired) electrons. The molecule has 1 aromatic rings. The minimum absolute atomic E-state index is 0.202. The van der Waals surface area contributed by atoms with Gasteiger partial charge in [0.15, 0.2) is 17.6 Å². The van der Waals surface area contributed by atoms with Crippen LogP contribution in [0, 0.1) is 0 Å². The quantitative estimate of drug-likeness (QED) is 0.591. The summed E-state index contributed by atoms with van der Waals surface area (Å²) in [6, 6.07) is 4.04. The van der Waals surface area contributed by atoms with E-state index in [0.717, 1.165) is 4.90 Å². The largest absolute Gasteiger partial charge is 0.493 e. The van der Waals surface area contributed by atoms with Gasteiger partial charge in [-0.3, -0.25) is 9.69 Å². The van der Waals surface area contributed by atoms with E-state index >= 15 is 0 Å². The highest BCUT2D eigenvalue weighted by Crippen LogP contribution is 2.28. The third-order valence-electron chi connectivity index (χ3n) is 3.51. The lowest BCUT2D eigenvalue weighted by atomic mass is 10.2. The van der Waals surface area contributed by atoms with Gasteiger partial charge in [-0.1, -0.05) is 12.7 Å². The lowest BCUT2D eigenvalue weighted by Gasteiger charge is -2.18. The van der Waals surface area contributed by atoms with Crippen molar-refractivity contribution in [2.24, 2.45) is 0 Å². The number of amides is 3. The first-order valence-corrected chi connectivity index (χ1v) is 7.69. The molecule has 1 unspecified atom stereocenters. The molecule has 0 aliphatic carbocycles. The summed E-state index contributed by atoms with van der Waals surface area (Å²) in [7, 11) is 1.45. The van der Waals surface area contributed by atoms with Crippen LogP contribution in [0.4, 0.5) is 4.79 Å². The maximum Gasteiger partial charge on any atom is 0.339 e. The Morgan fingerprint density at radius 3 is 2.76 bits per heavy atom. The van der Waals surface area contributed by atoms with E-state index in [9.17, 15) is 14.4 Å². The average Bonchev–Trinajstić information content (AvgIpc) is 3.04. The maximum atomic E-state index is 12.2. The van der Waals surface area contributed by atoms with E-state index in [1.54, 1.807) is 12.1 Å². The lowest BCUT2D eigenvalue weighted by molar-refractivity contribution is -0.136. The van der Waals surface area contributed by atoms with E-state index < -0.39 is 24.0 Å². The van der Waals surface area contributed by atoms with Gasteiger partial charge < -0.3 is 19.5 Å². The molecule has 2 rings (SSSR count). The number of hydrogen-bond acceptors (Lipinski definition) is 6. The molecule has 0 spiro atoms. The Bertz CT molecular complexity index is 688. The Labute approximate surface area is 145 Å². The van der Waals surface area contributed by atoms with E-state index in [2.05, 4.69) is 11.9 Å². The van der Waals surface area contributed by atoms with Gasteiger partial charge in [0.2, 0.25) is 0 Å². The molecule has 8 nitrogen and oxygen atoms in total. The number of nitrogens with zero attached hydrogens (tertiary/aromatic N) is 1. The van der Waals surface area contributed by atoms with Gasteiger partial charge in [0.1, 0.15) is 6.61 Å². The fraction of sp³-hybridized carbons (Fsp3) is 0.353. The minimum atomic E-state index is -1.08. The molecule has 0 bridgehead atoms. The molecule has 0 aromatic heterocycles. The SMILES string of the molecule is C=CCOc1ccc(C(=O)OC(C)C(=O)N2CCNC2=O)cc1OC. The van der Waals surface area contributed by atoms with Crippen LogP contribution in [0.25, 0.3) is 0 Å². The van der Waals surface area contributed by atoms with E-state index in [4.69, 9.17) is 14.2 Å². The predicted octanol–water partition coefficient (Wildman–Crippen LogP) is 1.36. The highest BCUT2D eigenvalue weighted by Gasteiger charge is 2.31. The second kappa shape index (κ2) is 8.18. The van der Waals surface area contributed by atoms with Crippen LogP contribution in [0.2, 0.25) is 0 Å². The highest BCUT2D eigenvalue weighted by atomic mass is 16.5. The molecule has 1 fully saturated rings. The van der Waals surface area contributed by atoms with Crippen molar-refractivity contribution in [3.05, 3.63) is 36.4 Å². The molecule has 1 aliphatic heterocycles. The molecule has 1 aliphatic rings. The summed E-state index contributed by atoms with van der Waals surface area (Å²) in [4.78, 5) is 36.9. The second-order valence-corrected chi connectivity index (χ2v) is 5.23. The molecule has 1 aromatic carbocycles. The van der Waals surface area contributed by atoms with E-state index in [0.29, 0.717) is 24.7 Å². The second-order valence-electron chi connectivity index (χ2n) is 5.23. The van der Waals surface area contributed by atoms with Crippen LogP contribution in [-0.4, -0.2) is 55.7 Å². The zero-order valence-electron chi connectivity index (χ0n) is 14.1. The van der Waals surface area contributed by atoms with Crippen molar-refractivity contribution in [2.45, 2.75) is 13.0 Å². The summed E-state index contributed by atoms with van der Waals surface area (Å²) in [5, 5.41) is 2.52. The molecule has 1 saturated heterocycles. The van der Waals surface area contributed by atoms with Crippen molar-refractivity contribution in [1.29, 1.82) is 0 Å². The number of benzene rings is 1. The van der Waals surface area contributed by atoms with Crippen LogP contribution in [0.1, 0.15) is 17.3 Å². The molecule has 1 heterocycles. The van der Waals surface area contributed by atoms with Gasteiger partial charge in [-0.25, -0.2) is 9.59 Å². The van der Waals surface area contributed by atoms with Crippen molar-refractivity contribution in [1.82, 2.24) is 10.2 Å². The smallest absolute Gasteiger partial charge is 0.339 e. The third kappa shape index (κ3) is 4.28. The zero-order valence-corrected chi connectivity index (χ0v) is 14.1. The molecule has 0 saturated carbocycles. The first kappa shape index (κ1) is 18.3. The summed E-state index contributed by atoms with van der Waals surface area (Å²) in [5.41, 5.74) is 0.202. The number of hydrogen-bond donors (Lipinski definition) is 1. The van der Waals surface area contributed by atoms with E-state index in [1.807, 2.05) is 0 Å². The fourth-order valence-corrected chi connectivity index (χ4v) is 2.24. The number of ether oxygens (including phenoxy) is 3. The standard InChI is InChI=1S/C17H20N2O6/c1-4-9-24-13-6-5-12(10-14(13)23-3)16(21)25-11(2)15(20)19-8-7-18-17(19)22/h4-6,10-11H,1,7-9H2,2-3H3,(H,18,22). The Hall–Kier alpha value is -3.03. The third-order valence-corrected chi connectivity index (χ3v) is 3.51. The Morgan fingerprint density at radius 1 is 1.40 bits per heavy atom. The molecular formula is C17H20N2O6. The first-order valence-electron chi connectivity index (χ1n) is 7.69. The molecule has 1 N–H and O–H groups in total. The van der Waals surface area contributed by atoms with Crippen molar-refractivity contribution >= 4 is 17.9 Å². The van der Waals surface area contributed by atoms with Crippen molar-refractivity contribution in [3.63, 3.8) is 0 Å². The molecular weight excluding hydrogens is 328 g/mol. The van der Waals surface area contributed by atoms with Crippen molar-refractivity contribution in [3.8, 4) is 11.5 Å². The Morgan fingerprint density at radius 2 is 2.16 bits per heavy atom. The summed E-state index contributed by atoms with van der Waals surface area (Å²) < 4.78 is 15.8. The van der Waals surface area contributed by atoms with Gasteiger partial charge in [-0.2, -0.15) is 0 Å². The number of imide groups is 1. The molecule has 25 heavy (non-hydrogen) atoms. The highest BCUT2D eigenvalue weighted by molar-refractivity contribution is 5.99. The van der Waals surface area contributed by atoms with Crippen LogP contribution in [-0.2, 0) is 9.53 Å². The maximum absolute atomic E-state index is 12.2. The molecule has 134 valence electrons. The van der Waals surface area contributed by atoms with Crippen LogP contribution in [0.15, 0.2) is 30.9 Å². The molecule has 3 amide bonds. The van der Waals surface area contributed by atoms with Gasteiger partial charge in [0, 0.05) is 13.1 Å². The Kier molecular flexibility index (Phi) is 5.99. The van der Waals surface area contributed by atoms with Gasteiger partial charge in [-0.15, -0.1) is 0 Å². The number of nitrogens with one attached hydrogen (secondary N) is 1. The number of urea groups is 1. The predicted molar refractivity (Wildman–Crippen MR) is 88.7 cm³/mol. The first-order chi connectivity index (χ1) is 12.0. The normalized spacial score (nSPS) is 14.5. The lowest BCUT2D eigenvalue weighted by Crippen LogP contribution is -2.41. The monoisotopic (exact) mass is 348 g/mol. The van der Waals surface area contributed by atoms with E-state index in [-0.39, 0.29) is 12.1 Å². The number of carbonyl (C=O) groups is 3. The van der Waals surface area contributed by atoms with Gasteiger partial charge in [-0.05, 0) is 25.1 Å². The van der Waals surface area contributed by atoms with Crippen LogP contribution in [0.3, 0.4) is 0 Å². The number of methoxy groups -OCH3 is 1. The fourth-order valence-electron chi connectivity index (χ4n) is 2.24. The Balaban J connectivity index is 2.05. The topological polar surface area (TPSA) is 94.2 Å². The van der Waals surface area contributed by atoms with Crippen LogP contribution in [0.5, 0.6) is 11.5 Å². The summed E-state index contributed by atoms with van der Waals surface area (Å²) in [6.07, 6.45) is 0.502. The van der Waals surface area contributed by atoms with Gasteiger partial charge in [0.25, 0.3) is 5.91 Å². The van der Waals surface area contributed by atoms with Gasteiger partial charge in [0.05, 0.1) is 12.7 Å². The van der Waals surface area contributed by atoms with E-state index in [1.165, 1.54) is 26.2 Å². The number of esters is 1. The van der Waals surface area contributed by atoms with Crippen molar-refractivity contribution in [2.75, 3.05) is 26.8 Å². The van der Waals surface area contributed by atoms with Gasteiger partial charge >= 0.3 is 12.0 Å². The summed E-state index contributed by atoms with van der Waals surface area (Å²) in [6.45, 7) is 5.91. The van der Waals surface area contributed by atoms with Crippen molar-refractivity contribution < 1.29 is 28.6 Å². The molecule has 1 atom stereocenters. The summed E-state index contributed by atoms with van der Waals surface area (Å²) in [5.74, 6) is -0.457. The number of carbonyl (C=O) groups excluding carboxylic acids is 3. The van der Waals surface area contributed by atoms with Crippen LogP contribution >= 0.6 is 0 Å². The zero-order chi connectivity index (χ0) is 18.4. The molecule has 8 heteroatoms. The minimum Gasteiger partial charge on any atom is -0.493 e.